The molecule has 14 rings (SSSR count). The zero-order chi connectivity index (χ0) is 68.8. The number of amides is 2. The normalized spacial score (nSPS) is 18.4. The molecule has 0 unspecified atom stereocenters. The minimum absolute atomic E-state index is 0.0206. The Balaban J connectivity index is 0.000000176. The average Bonchev–Trinajstić information content (AvgIpc) is 1.59. The first-order chi connectivity index (χ1) is 47.2. The predicted octanol–water partition coefficient (Wildman–Crippen LogP) is 11.3. The van der Waals surface area contributed by atoms with Gasteiger partial charge in [-0.3, -0.25) is 9.59 Å². The minimum Gasteiger partial charge on any atom is -0.478 e. The lowest BCUT2D eigenvalue weighted by molar-refractivity contribution is -0.129. The molecule has 4 aliphatic heterocycles. The van der Waals surface area contributed by atoms with Crippen LogP contribution in [0.1, 0.15) is 91.7 Å². The first kappa shape index (κ1) is 65.2. The van der Waals surface area contributed by atoms with Gasteiger partial charge in [-0.05, 0) is 108 Å². The van der Waals surface area contributed by atoms with Crippen LogP contribution < -0.4 is 9.47 Å². The van der Waals surface area contributed by atoms with E-state index in [0.29, 0.717) is 59.9 Å². The Morgan fingerprint density at radius 3 is 1.29 bits per heavy atom. The van der Waals surface area contributed by atoms with Crippen molar-refractivity contribution in [2.75, 3.05) is 39.4 Å². The van der Waals surface area contributed by atoms with E-state index in [0.717, 1.165) is 36.4 Å². The summed E-state index contributed by atoms with van der Waals surface area (Å²) in [5.74, 6) is -5.83. The van der Waals surface area contributed by atoms with Crippen LogP contribution >= 0.6 is 0 Å². The standard InChI is InChI=1S/2C36H28F3N5O5/c2*1-19(45)43-15-25-32(18-48-33(25)16-43)44-31-11-21(36(46)47)7-8-30(31)41-34(44)12-23-10-28(39)24(13-27(23)38)29-3-2-4-35(42-29)49-17-22-6-5-20(14-40)9-26(22)37/h2*2-11,13,25,32-33H,12,15-18H2,1H3,(H,46,47)/t2*25-,32-,33-/m11/s1. The second-order valence-corrected chi connectivity index (χ2v) is 24.2. The molecule has 6 aromatic carbocycles. The highest BCUT2D eigenvalue weighted by molar-refractivity contribution is 5.93. The van der Waals surface area contributed by atoms with E-state index in [4.69, 9.17) is 39.4 Å². The molecule has 496 valence electrons. The van der Waals surface area contributed by atoms with Gasteiger partial charge in [0.15, 0.2) is 0 Å². The lowest BCUT2D eigenvalue weighted by atomic mass is 9.99. The highest BCUT2D eigenvalue weighted by Crippen LogP contribution is 2.43. The van der Waals surface area contributed by atoms with Crippen molar-refractivity contribution in [3.8, 4) is 46.4 Å². The van der Waals surface area contributed by atoms with Gasteiger partial charge >= 0.3 is 11.9 Å². The summed E-state index contributed by atoms with van der Waals surface area (Å²) in [6.45, 7) is 4.93. The van der Waals surface area contributed by atoms with E-state index in [1.165, 1.54) is 86.6 Å². The molecule has 26 heteroatoms. The summed E-state index contributed by atoms with van der Waals surface area (Å²) in [5.41, 5.74) is 2.86. The van der Waals surface area contributed by atoms with E-state index in [2.05, 4.69) is 9.97 Å². The van der Waals surface area contributed by atoms with Crippen molar-refractivity contribution in [2.45, 2.75) is 64.2 Å². The molecule has 0 spiro atoms. The number of halogens is 6. The molecule has 0 aliphatic carbocycles. The smallest absolute Gasteiger partial charge is 0.335 e. The Bertz CT molecular complexity index is 4670. The zero-order valence-electron chi connectivity index (χ0n) is 52.1. The van der Waals surface area contributed by atoms with E-state index in [-0.39, 0.29) is 166 Å². The number of benzene rings is 6. The second-order valence-electron chi connectivity index (χ2n) is 24.2. The number of nitriles is 2. The van der Waals surface area contributed by atoms with Crippen LogP contribution in [0.5, 0.6) is 11.8 Å². The van der Waals surface area contributed by atoms with Crippen LogP contribution in [0, 0.1) is 69.4 Å². The number of hydrogen-bond acceptors (Lipinski definition) is 14. The number of ether oxygens (including phenoxy) is 4. The molecule has 8 heterocycles. The molecular formula is C72H56F6N10O10. The first-order valence-corrected chi connectivity index (χ1v) is 30.9. The van der Waals surface area contributed by atoms with Gasteiger partial charge in [0, 0.05) is 99.1 Å². The van der Waals surface area contributed by atoms with Crippen molar-refractivity contribution in [1.29, 1.82) is 10.5 Å². The Kier molecular flexibility index (Phi) is 17.9. The molecule has 4 fully saturated rings. The number of nitrogens with zero attached hydrogens (tertiary/aromatic N) is 10. The van der Waals surface area contributed by atoms with Gasteiger partial charge in [-0.1, -0.05) is 24.3 Å². The van der Waals surface area contributed by atoms with Gasteiger partial charge in [-0.25, -0.2) is 55.9 Å². The van der Waals surface area contributed by atoms with Gasteiger partial charge < -0.3 is 48.1 Å². The van der Waals surface area contributed by atoms with Crippen molar-refractivity contribution in [2.24, 2.45) is 11.8 Å². The van der Waals surface area contributed by atoms with Gasteiger partial charge in [-0.15, -0.1) is 0 Å². The molecule has 0 radical (unpaired) electrons. The van der Waals surface area contributed by atoms with Gasteiger partial charge in [0.05, 0.1) is 105 Å². The van der Waals surface area contributed by atoms with Gasteiger partial charge in [0.25, 0.3) is 0 Å². The van der Waals surface area contributed by atoms with E-state index in [1.54, 1.807) is 34.1 Å². The van der Waals surface area contributed by atoms with E-state index < -0.39 is 46.8 Å². The van der Waals surface area contributed by atoms with Crippen molar-refractivity contribution in [1.82, 2.24) is 38.9 Å². The fraction of sp³-hybridized carbons (Fsp3) is 0.250. The van der Waals surface area contributed by atoms with Crippen molar-refractivity contribution in [3.63, 3.8) is 0 Å². The van der Waals surface area contributed by atoms with Crippen molar-refractivity contribution < 1.29 is 74.7 Å². The molecule has 0 bridgehead atoms. The fourth-order valence-corrected chi connectivity index (χ4v) is 13.2. The number of hydrogen-bond donors (Lipinski definition) is 2. The van der Waals surface area contributed by atoms with Crippen molar-refractivity contribution in [3.05, 3.63) is 225 Å². The van der Waals surface area contributed by atoms with Crippen LogP contribution in [-0.4, -0.2) is 124 Å². The Hall–Kier alpha value is -11.5. The Morgan fingerprint density at radius 1 is 0.500 bits per heavy atom. The number of aromatic carboxylic acids is 2. The highest BCUT2D eigenvalue weighted by Gasteiger charge is 2.48. The molecule has 4 saturated heterocycles. The fourth-order valence-electron chi connectivity index (χ4n) is 13.2. The Morgan fingerprint density at radius 2 is 0.908 bits per heavy atom. The number of carboxylic acids is 2. The average molecular weight is 1340 g/mol. The van der Waals surface area contributed by atoms with Crippen LogP contribution in [0.2, 0.25) is 0 Å². The monoisotopic (exact) mass is 1330 g/mol. The number of imidazole rings is 2. The molecular weight excluding hydrogens is 1280 g/mol. The maximum atomic E-state index is 15.8. The largest absolute Gasteiger partial charge is 0.478 e. The van der Waals surface area contributed by atoms with Crippen LogP contribution in [0.3, 0.4) is 0 Å². The third-order valence-corrected chi connectivity index (χ3v) is 18.2. The third kappa shape index (κ3) is 13.1. The number of aromatic nitrogens is 6. The summed E-state index contributed by atoms with van der Waals surface area (Å²) in [7, 11) is 0. The molecule has 4 aromatic heterocycles. The van der Waals surface area contributed by atoms with Crippen LogP contribution in [0.15, 0.2) is 133 Å². The molecule has 2 amide bonds. The maximum absolute atomic E-state index is 15.8. The molecule has 98 heavy (non-hydrogen) atoms. The SMILES string of the molecule is CC(=O)N1C[C@@H]2[C@H](n3c(Cc4cc(F)c(-c5cccc(OCc6ccc(C#N)cc6F)n5)cc4F)nc4ccc(C(=O)O)cc43)CO[C@@H]2C1.CC(=O)N1C[C@@H]2[C@H](n3c(Cc4cc(F)c(-c5cccc(OCc6ccc(C#N)cc6F)n5)cc4F)nc4ccc(C(=O)O)cc43)CO[C@@H]2C1. The van der Waals surface area contributed by atoms with Gasteiger partial charge in [0.1, 0.15) is 59.8 Å². The highest BCUT2D eigenvalue weighted by atomic mass is 19.1. The molecule has 6 atom stereocenters. The zero-order valence-corrected chi connectivity index (χ0v) is 52.1. The molecule has 20 nitrogen and oxygen atoms in total. The van der Waals surface area contributed by atoms with E-state index >= 15 is 17.6 Å². The maximum Gasteiger partial charge on any atom is 0.335 e. The quantitative estimate of drug-likeness (QED) is 0.0852. The lowest BCUT2D eigenvalue weighted by Gasteiger charge is -2.23. The number of carboxylic acid groups (broad SMARTS) is 2. The molecule has 2 N–H and O–H groups in total. The third-order valence-electron chi connectivity index (χ3n) is 18.2. The summed E-state index contributed by atoms with van der Waals surface area (Å²) in [6, 6.07) is 33.5. The van der Waals surface area contributed by atoms with E-state index in [1.807, 2.05) is 21.3 Å². The molecule has 10 aromatic rings. The molecule has 4 aliphatic rings. The lowest BCUT2D eigenvalue weighted by Crippen LogP contribution is -2.29. The summed E-state index contributed by atoms with van der Waals surface area (Å²) in [5, 5.41) is 37.2. The predicted molar refractivity (Wildman–Crippen MR) is 338 cm³/mol. The van der Waals surface area contributed by atoms with Crippen LogP contribution in [0.25, 0.3) is 44.6 Å². The minimum atomic E-state index is -1.12. The van der Waals surface area contributed by atoms with Crippen LogP contribution in [0.4, 0.5) is 26.3 Å². The number of rotatable bonds is 16. The summed E-state index contributed by atoms with van der Waals surface area (Å²) >= 11 is 0. The summed E-state index contributed by atoms with van der Waals surface area (Å²) < 4.78 is 119. The number of carbonyl (C=O) groups excluding carboxylic acids is 2. The topological polar surface area (TPSA) is 261 Å². The van der Waals surface area contributed by atoms with Gasteiger partial charge in [0.2, 0.25) is 23.6 Å². The van der Waals surface area contributed by atoms with E-state index in [9.17, 15) is 38.2 Å². The van der Waals surface area contributed by atoms with Crippen molar-refractivity contribution >= 4 is 45.8 Å². The second kappa shape index (κ2) is 27.0. The van der Waals surface area contributed by atoms with Crippen LogP contribution in [-0.2, 0) is 45.1 Å². The number of fused-ring (bicyclic) bond motifs is 4. The molecule has 0 saturated carbocycles. The number of carbonyl (C=O) groups is 4. The first-order valence-electron chi connectivity index (χ1n) is 30.9. The number of likely N-dealkylation sites (tertiary alicyclic amines) is 2. The van der Waals surface area contributed by atoms with Gasteiger partial charge in [-0.2, -0.15) is 10.5 Å². The summed E-state index contributed by atoms with van der Waals surface area (Å²) in [6.07, 6.45) is -0.662. The Labute approximate surface area is 554 Å². The summed E-state index contributed by atoms with van der Waals surface area (Å²) in [4.78, 5) is 69.4. The number of pyridine rings is 2.